The lowest BCUT2D eigenvalue weighted by Crippen LogP contribution is -1.93. The fourth-order valence-electron chi connectivity index (χ4n) is 1.39. The molecule has 0 fully saturated rings. The molecule has 2 rings (SSSR count). The van der Waals surface area contributed by atoms with Crippen molar-refractivity contribution in [2.24, 2.45) is 0 Å². The van der Waals surface area contributed by atoms with Crippen LogP contribution in [-0.2, 0) is 10.8 Å². The molecule has 0 N–H and O–H groups in total. The molecule has 0 aliphatic heterocycles. The predicted octanol–water partition coefficient (Wildman–Crippen LogP) is 4.06. The largest absolute Gasteiger partial charge is 0.249 e. The topological polar surface area (TPSA) is 17.1 Å². The van der Waals surface area contributed by atoms with Gasteiger partial charge >= 0.3 is 0 Å². The van der Waals surface area contributed by atoms with Gasteiger partial charge in [-0.1, -0.05) is 17.7 Å². The molecular weight excluding hydrogens is 303 g/mol. The summed E-state index contributed by atoms with van der Waals surface area (Å²) >= 11 is 3.09. The van der Waals surface area contributed by atoms with Gasteiger partial charge in [0.05, 0.1) is 15.3 Å². The van der Waals surface area contributed by atoms with Crippen LogP contribution >= 0.6 is 15.9 Å². The van der Waals surface area contributed by atoms with E-state index in [1.54, 1.807) is 6.07 Å². The second-order valence-corrected chi connectivity index (χ2v) is 5.99. The van der Waals surface area contributed by atoms with Crippen LogP contribution in [0.2, 0.25) is 0 Å². The summed E-state index contributed by atoms with van der Waals surface area (Å²) in [5.74, 6) is -0.352. The Morgan fingerprint density at radius 3 is 2.24 bits per heavy atom. The summed E-state index contributed by atoms with van der Waals surface area (Å²) in [7, 11) is -1.27. The molecule has 0 spiro atoms. The monoisotopic (exact) mass is 312 g/mol. The molecule has 0 radical (unpaired) electrons. The molecule has 88 valence electrons. The van der Waals surface area contributed by atoms with E-state index in [1.807, 2.05) is 31.2 Å². The van der Waals surface area contributed by atoms with Gasteiger partial charge in [0.25, 0.3) is 0 Å². The first-order chi connectivity index (χ1) is 8.08. The molecule has 0 aromatic heterocycles. The maximum absolute atomic E-state index is 13.1. The minimum Gasteiger partial charge on any atom is -0.249 e. The van der Waals surface area contributed by atoms with Crippen molar-refractivity contribution in [3.8, 4) is 0 Å². The van der Waals surface area contributed by atoms with Crippen LogP contribution in [0.15, 0.2) is 56.7 Å². The summed E-state index contributed by atoms with van der Waals surface area (Å²) in [6, 6.07) is 11.9. The van der Waals surface area contributed by atoms with Crippen LogP contribution in [-0.4, -0.2) is 4.21 Å². The van der Waals surface area contributed by atoms with Crippen LogP contribution in [0.1, 0.15) is 5.56 Å². The molecule has 17 heavy (non-hydrogen) atoms. The third-order valence-electron chi connectivity index (χ3n) is 2.34. The van der Waals surface area contributed by atoms with E-state index in [-0.39, 0.29) is 5.82 Å². The minimum absolute atomic E-state index is 0.329. The van der Waals surface area contributed by atoms with Gasteiger partial charge in [-0.25, -0.2) is 8.60 Å². The van der Waals surface area contributed by atoms with Gasteiger partial charge in [0.1, 0.15) is 5.82 Å². The lowest BCUT2D eigenvalue weighted by atomic mass is 10.2. The van der Waals surface area contributed by atoms with Gasteiger partial charge in [0.2, 0.25) is 0 Å². The molecule has 0 saturated carbocycles. The summed E-state index contributed by atoms with van der Waals surface area (Å²) in [5, 5.41) is 0. The SMILES string of the molecule is Cc1ccc(S(=O)c2ccc(F)c(Br)c2)cc1. The van der Waals surface area contributed by atoms with E-state index in [1.165, 1.54) is 12.1 Å². The van der Waals surface area contributed by atoms with Gasteiger partial charge in [-0.2, -0.15) is 0 Å². The van der Waals surface area contributed by atoms with Gasteiger partial charge < -0.3 is 0 Å². The molecule has 4 heteroatoms. The van der Waals surface area contributed by atoms with Crippen molar-refractivity contribution in [1.82, 2.24) is 0 Å². The van der Waals surface area contributed by atoms with Crippen molar-refractivity contribution >= 4 is 26.7 Å². The first-order valence-electron chi connectivity index (χ1n) is 5.01. The summed E-state index contributed by atoms with van der Waals surface area (Å²) in [6.07, 6.45) is 0. The molecule has 0 saturated heterocycles. The third kappa shape index (κ3) is 2.82. The van der Waals surface area contributed by atoms with Crippen molar-refractivity contribution < 1.29 is 8.60 Å². The first kappa shape index (κ1) is 12.5. The third-order valence-corrected chi connectivity index (χ3v) is 4.33. The Kier molecular flexibility index (Phi) is 3.74. The summed E-state index contributed by atoms with van der Waals surface area (Å²) in [5.41, 5.74) is 1.12. The summed E-state index contributed by atoms with van der Waals surface area (Å²) in [6.45, 7) is 1.97. The second kappa shape index (κ2) is 5.10. The van der Waals surface area contributed by atoms with Crippen LogP contribution in [0.5, 0.6) is 0 Å². The zero-order chi connectivity index (χ0) is 12.4. The molecule has 0 aliphatic carbocycles. The molecule has 1 nitrogen and oxygen atoms in total. The number of rotatable bonds is 2. The highest BCUT2D eigenvalue weighted by Crippen LogP contribution is 2.22. The number of halogens is 2. The quantitative estimate of drug-likeness (QED) is 0.817. The van der Waals surface area contributed by atoms with E-state index in [2.05, 4.69) is 15.9 Å². The summed E-state index contributed by atoms with van der Waals surface area (Å²) < 4.78 is 25.6. The molecule has 1 unspecified atom stereocenters. The zero-order valence-electron chi connectivity index (χ0n) is 9.11. The minimum atomic E-state index is -1.27. The van der Waals surface area contributed by atoms with Gasteiger partial charge in [0, 0.05) is 9.79 Å². The average molecular weight is 313 g/mol. The average Bonchev–Trinajstić information content (AvgIpc) is 2.33. The summed E-state index contributed by atoms with van der Waals surface area (Å²) in [4.78, 5) is 1.30. The van der Waals surface area contributed by atoms with Gasteiger partial charge in [0.15, 0.2) is 0 Å². The van der Waals surface area contributed by atoms with Crippen molar-refractivity contribution in [3.05, 3.63) is 58.3 Å². The van der Waals surface area contributed by atoms with Crippen LogP contribution in [0.25, 0.3) is 0 Å². The maximum atomic E-state index is 13.1. The number of hydrogen-bond acceptors (Lipinski definition) is 1. The number of benzene rings is 2. The van der Waals surface area contributed by atoms with Crippen LogP contribution in [0.3, 0.4) is 0 Å². The van der Waals surface area contributed by atoms with Crippen molar-refractivity contribution in [2.75, 3.05) is 0 Å². The molecule has 0 amide bonds. The smallest absolute Gasteiger partial charge is 0.137 e. The molecule has 2 aromatic carbocycles. The van der Waals surface area contributed by atoms with E-state index < -0.39 is 10.8 Å². The van der Waals surface area contributed by atoms with Crippen molar-refractivity contribution in [1.29, 1.82) is 0 Å². The predicted molar refractivity (Wildman–Crippen MR) is 70.0 cm³/mol. The maximum Gasteiger partial charge on any atom is 0.137 e. The van der Waals surface area contributed by atoms with Gasteiger partial charge in [-0.05, 0) is 53.2 Å². The zero-order valence-corrected chi connectivity index (χ0v) is 11.5. The fourth-order valence-corrected chi connectivity index (χ4v) is 2.99. The number of aryl methyl sites for hydroxylation is 1. The molecule has 0 aliphatic rings. The van der Waals surface area contributed by atoms with Gasteiger partial charge in [-0.15, -0.1) is 0 Å². The fraction of sp³-hybridized carbons (Fsp3) is 0.0769. The van der Waals surface area contributed by atoms with Gasteiger partial charge in [-0.3, -0.25) is 0 Å². The van der Waals surface area contributed by atoms with Crippen molar-refractivity contribution in [3.63, 3.8) is 0 Å². The van der Waals surface area contributed by atoms with E-state index in [9.17, 15) is 8.60 Å². The van der Waals surface area contributed by atoms with Crippen molar-refractivity contribution in [2.45, 2.75) is 16.7 Å². The Morgan fingerprint density at radius 1 is 1.06 bits per heavy atom. The molecule has 0 heterocycles. The molecular formula is C13H10BrFOS. The molecule has 0 bridgehead atoms. The van der Waals surface area contributed by atoms with E-state index in [4.69, 9.17) is 0 Å². The second-order valence-electron chi connectivity index (χ2n) is 3.66. The highest BCUT2D eigenvalue weighted by molar-refractivity contribution is 9.10. The lowest BCUT2D eigenvalue weighted by molar-refractivity contribution is 0.619. The highest BCUT2D eigenvalue weighted by atomic mass is 79.9. The number of hydrogen-bond donors (Lipinski definition) is 0. The first-order valence-corrected chi connectivity index (χ1v) is 6.96. The van der Waals surface area contributed by atoms with Crippen LogP contribution in [0.4, 0.5) is 4.39 Å². The normalized spacial score (nSPS) is 12.4. The highest BCUT2D eigenvalue weighted by Gasteiger charge is 2.09. The van der Waals surface area contributed by atoms with E-state index in [0.717, 1.165) is 5.56 Å². The Balaban J connectivity index is 2.37. The van der Waals surface area contributed by atoms with E-state index in [0.29, 0.717) is 14.3 Å². The Labute approximate surface area is 110 Å². The lowest BCUT2D eigenvalue weighted by Gasteiger charge is -2.04. The molecule has 2 aromatic rings. The Hall–Kier alpha value is -1.000. The molecule has 1 atom stereocenters. The Morgan fingerprint density at radius 2 is 1.65 bits per heavy atom. The van der Waals surface area contributed by atoms with Crippen LogP contribution < -0.4 is 0 Å². The van der Waals surface area contributed by atoms with E-state index >= 15 is 0 Å². The standard InChI is InChI=1S/C13H10BrFOS/c1-9-2-4-10(5-3-9)17(16)11-6-7-13(15)12(14)8-11/h2-8H,1H3. The van der Waals surface area contributed by atoms with Crippen LogP contribution in [0, 0.1) is 12.7 Å². The Bertz CT molecular complexity index is 566.